The smallest absolute Gasteiger partial charge is 0.243 e. The van der Waals surface area contributed by atoms with Gasteiger partial charge in [-0.1, -0.05) is 55.8 Å². The zero-order valence-electron chi connectivity index (χ0n) is 15.7. The Balaban J connectivity index is 1.46. The van der Waals surface area contributed by atoms with Crippen LogP contribution >= 0.6 is 0 Å². The molecule has 5 heteroatoms. The molecule has 1 heterocycles. The highest BCUT2D eigenvalue weighted by Gasteiger charge is 2.59. The van der Waals surface area contributed by atoms with Gasteiger partial charge in [-0.3, -0.25) is 19.3 Å². The Morgan fingerprint density at radius 2 is 1.70 bits per heavy atom. The molecule has 2 fully saturated rings. The second-order valence-electron chi connectivity index (χ2n) is 7.92. The summed E-state index contributed by atoms with van der Waals surface area (Å²) >= 11 is 0. The largest absolute Gasteiger partial charge is 0.337 e. The number of fused-ring (bicyclic) bond motifs is 5. The summed E-state index contributed by atoms with van der Waals surface area (Å²) < 4.78 is 0. The zero-order chi connectivity index (χ0) is 19.0. The maximum atomic E-state index is 13.0. The SMILES string of the molecule is CCCCN(Cc1ccccc1)C(=O)CN1C(=O)[C@H]2[C@H](C1=O)[C@H]1C=C[C@H]2C1. The molecule has 3 amide bonds. The van der Waals surface area contributed by atoms with E-state index in [1.165, 1.54) is 4.90 Å². The molecule has 1 saturated heterocycles. The van der Waals surface area contributed by atoms with Crippen molar-refractivity contribution in [3.8, 4) is 0 Å². The molecule has 0 aromatic heterocycles. The topological polar surface area (TPSA) is 57.7 Å². The second-order valence-corrected chi connectivity index (χ2v) is 7.92. The van der Waals surface area contributed by atoms with Crippen LogP contribution in [-0.4, -0.2) is 40.6 Å². The van der Waals surface area contributed by atoms with Crippen LogP contribution in [0.1, 0.15) is 31.7 Å². The van der Waals surface area contributed by atoms with Crippen molar-refractivity contribution in [2.45, 2.75) is 32.7 Å². The number of likely N-dealkylation sites (tertiary alicyclic amines) is 1. The molecule has 2 aliphatic carbocycles. The molecular formula is C22H26N2O3. The maximum absolute atomic E-state index is 13.0. The van der Waals surface area contributed by atoms with Crippen molar-refractivity contribution in [2.24, 2.45) is 23.7 Å². The number of carbonyl (C=O) groups is 3. The molecule has 2 bridgehead atoms. The summed E-state index contributed by atoms with van der Waals surface area (Å²) in [6, 6.07) is 9.84. The minimum atomic E-state index is -0.237. The fourth-order valence-electron chi connectivity index (χ4n) is 4.80. The van der Waals surface area contributed by atoms with Gasteiger partial charge in [-0.05, 0) is 30.2 Å². The van der Waals surface area contributed by atoms with Crippen molar-refractivity contribution < 1.29 is 14.4 Å². The van der Waals surface area contributed by atoms with Crippen LogP contribution in [0, 0.1) is 23.7 Å². The van der Waals surface area contributed by atoms with Gasteiger partial charge in [0.15, 0.2) is 0 Å². The number of hydrogen-bond acceptors (Lipinski definition) is 3. The molecular weight excluding hydrogens is 340 g/mol. The first-order valence-corrected chi connectivity index (χ1v) is 9.95. The first kappa shape index (κ1) is 18.0. The number of nitrogens with zero attached hydrogens (tertiary/aromatic N) is 2. The Labute approximate surface area is 160 Å². The fraction of sp³-hybridized carbons (Fsp3) is 0.500. The molecule has 4 rings (SSSR count). The summed E-state index contributed by atoms with van der Waals surface area (Å²) in [6.07, 6.45) is 6.95. The van der Waals surface area contributed by atoms with Crippen LogP contribution in [0.25, 0.3) is 0 Å². The highest BCUT2D eigenvalue weighted by molar-refractivity contribution is 6.08. The summed E-state index contributed by atoms with van der Waals surface area (Å²) in [5.41, 5.74) is 1.06. The molecule has 0 N–H and O–H groups in total. The van der Waals surface area contributed by atoms with Gasteiger partial charge >= 0.3 is 0 Å². The third-order valence-electron chi connectivity index (χ3n) is 6.21. The van der Waals surface area contributed by atoms with Crippen LogP contribution in [0.2, 0.25) is 0 Å². The predicted octanol–water partition coefficient (Wildman–Crippen LogP) is 2.62. The van der Waals surface area contributed by atoms with E-state index in [0.29, 0.717) is 13.1 Å². The summed E-state index contributed by atoms with van der Waals surface area (Å²) in [4.78, 5) is 41.6. The van der Waals surface area contributed by atoms with Gasteiger partial charge in [0, 0.05) is 13.1 Å². The molecule has 0 radical (unpaired) electrons. The predicted molar refractivity (Wildman–Crippen MR) is 101 cm³/mol. The Morgan fingerprint density at radius 1 is 1.07 bits per heavy atom. The molecule has 0 unspecified atom stereocenters. The molecule has 27 heavy (non-hydrogen) atoms. The lowest BCUT2D eigenvalue weighted by atomic mass is 9.85. The van der Waals surface area contributed by atoms with Crippen molar-refractivity contribution in [1.29, 1.82) is 0 Å². The highest BCUT2D eigenvalue weighted by Crippen LogP contribution is 2.52. The van der Waals surface area contributed by atoms with Gasteiger partial charge < -0.3 is 4.90 Å². The Morgan fingerprint density at radius 3 is 2.30 bits per heavy atom. The third kappa shape index (κ3) is 3.20. The van der Waals surface area contributed by atoms with E-state index in [1.807, 2.05) is 30.3 Å². The quantitative estimate of drug-likeness (QED) is 0.551. The van der Waals surface area contributed by atoms with E-state index in [1.54, 1.807) is 4.90 Å². The molecule has 5 nitrogen and oxygen atoms in total. The van der Waals surface area contributed by atoms with Crippen molar-refractivity contribution in [3.05, 3.63) is 48.0 Å². The summed E-state index contributed by atoms with van der Waals surface area (Å²) in [5, 5.41) is 0. The molecule has 1 aliphatic heterocycles. The van der Waals surface area contributed by atoms with E-state index in [2.05, 4.69) is 19.1 Å². The summed E-state index contributed by atoms with van der Waals surface area (Å²) in [6.45, 7) is 3.11. The molecule has 3 aliphatic rings. The number of benzene rings is 1. The average Bonchev–Trinajstić information content (AvgIpc) is 3.36. The van der Waals surface area contributed by atoms with E-state index in [9.17, 15) is 14.4 Å². The van der Waals surface area contributed by atoms with Crippen molar-refractivity contribution in [2.75, 3.05) is 13.1 Å². The molecule has 0 spiro atoms. The van der Waals surface area contributed by atoms with Gasteiger partial charge in [0.2, 0.25) is 17.7 Å². The zero-order valence-corrected chi connectivity index (χ0v) is 15.7. The lowest BCUT2D eigenvalue weighted by molar-refractivity contribution is -0.147. The van der Waals surface area contributed by atoms with E-state index in [0.717, 1.165) is 24.8 Å². The van der Waals surface area contributed by atoms with Crippen LogP contribution in [0.3, 0.4) is 0 Å². The van der Waals surface area contributed by atoms with E-state index >= 15 is 0 Å². The lowest BCUT2D eigenvalue weighted by Gasteiger charge is -2.25. The minimum Gasteiger partial charge on any atom is -0.337 e. The van der Waals surface area contributed by atoms with Gasteiger partial charge in [0.1, 0.15) is 6.54 Å². The number of imide groups is 1. The van der Waals surface area contributed by atoms with E-state index in [-0.39, 0.29) is 47.9 Å². The van der Waals surface area contributed by atoms with Gasteiger partial charge in [0.05, 0.1) is 11.8 Å². The number of rotatable bonds is 7. The number of amides is 3. The maximum Gasteiger partial charge on any atom is 0.243 e. The second kappa shape index (κ2) is 7.29. The number of carbonyl (C=O) groups excluding carboxylic acids is 3. The third-order valence-corrected chi connectivity index (χ3v) is 6.21. The van der Waals surface area contributed by atoms with Gasteiger partial charge in [-0.2, -0.15) is 0 Å². The number of unbranched alkanes of at least 4 members (excludes halogenated alkanes) is 1. The number of allylic oxidation sites excluding steroid dienone is 2. The van der Waals surface area contributed by atoms with Crippen molar-refractivity contribution >= 4 is 17.7 Å². The van der Waals surface area contributed by atoms with Crippen molar-refractivity contribution in [1.82, 2.24) is 9.80 Å². The van der Waals surface area contributed by atoms with Gasteiger partial charge in [0.25, 0.3) is 0 Å². The first-order chi connectivity index (χ1) is 13.1. The molecule has 142 valence electrons. The molecule has 4 atom stereocenters. The lowest BCUT2D eigenvalue weighted by Crippen LogP contribution is -2.43. The minimum absolute atomic E-state index is 0.124. The summed E-state index contributed by atoms with van der Waals surface area (Å²) in [7, 11) is 0. The monoisotopic (exact) mass is 366 g/mol. The van der Waals surface area contributed by atoms with Crippen LogP contribution in [-0.2, 0) is 20.9 Å². The Kier molecular flexibility index (Phi) is 4.85. The van der Waals surface area contributed by atoms with Crippen molar-refractivity contribution in [3.63, 3.8) is 0 Å². The van der Waals surface area contributed by atoms with Crippen LogP contribution in [0.15, 0.2) is 42.5 Å². The molecule has 1 aromatic rings. The summed E-state index contributed by atoms with van der Waals surface area (Å²) in [5.74, 6) is -0.559. The average molecular weight is 366 g/mol. The van der Waals surface area contributed by atoms with Gasteiger partial charge in [-0.15, -0.1) is 0 Å². The Hall–Kier alpha value is -2.43. The van der Waals surface area contributed by atoms with E-state index in [4.69, 9.17) is 0 Å². The standard InChI is InChI=1S/C22H26N2O3/c1-2-3-11-23(13-15-7-5-4-6-8-15)18(25)14-24-21(26)19-16-9-10-17(12-16)20(19)22(24)27/h4-10,16-17,19-20H,2-3,11-14H2,1H3/t16-,17-,19+,20+/m0/s1. The highest BCUT2D eigenvalue weighted by atomic mass is 16.2. The van der Waals surface area contributed by atoms with Crippen LogP contribution in [0.4, 0.5) is 0 Å². The number of hydrogen-bond donors (Lipinski definition) is 0. The Bertz CT molecular complexity index is 743. The van der Waals surface area contributed by atoms with Crippen LogP contribution < -0.4 is 0 Å². The molecule has 1 aromatic carbocycles. The first-order valence-electron chi connectivity index (χ1n) is 9.95. The fourth-order valence-corrected chi connectivity index (χ4v) is 4.80. The van der Waals surface area contributed by atoms with Crippen LogP contribution in [0.5, 0.6) is 0 Å². The van der Waals surface area contributed by atoms with E-state index < -0.39 is 0 Å². The van der Waals surface area contributed by atoms with Gasteiger partial charge in [-0.25, -0.2) is 0 Å². The molecule has 1 saturated carbocycles. The normalized spacial score (nSPS) is 28.1.